The van der Waals surface area contributed by atoms with Crippen LogP contribution in [0.15, 0.2) is 0 Å². The van der Waals surface area contributed by atoms with E-state index in [1.807, 2.05) is 6.92 Å². The van der Waals surface area contributed by atoms with Gasteiger partial charge < -0.3 is 4.74 Å². The minimum Gasteiger partial charge on any atom is -0.378 e. The fourth-order valence-corrected chi connectivity index (χ4v) is 2.07. The second kappa shape index (κ2) is 6.18. The maximum Gasteiger partial charge on any atom is 0.138 e. The highest BCUT2D eigenvalue weighted by Crippen LogP contribution is 2.23. The molecule has 0 N–H and O–H groups in total. The Hall–Kier alpha value is -0.370. The number of unbranched alkanes of at least 4 members (excludes halogenated alkanes) is 3. The zero-order valence-corrected chi connectivity index (χ0v) is 9.42. The van der Waals surface area contributed by atoms with Crippen molar-refractivity contribution in [2.24, 2.45) is 5.92 Å². The van der Waals surface area contributed by atoms with Gasteiger partial charge in [0.25, 0.3) is 0 Å². The van der Waals surface area contributed by atoms with Crippen LogP contribution in [0.5, 0.6) is 0 Å². The number of ketones is 1. The van der Waals surface area contributed by atoms with E-state index in [2.05, 4.69) is 6.92 Å². The minimum atomic E-state index is 0.161. The summed E-state index contributed by atoms with van der Waals surface area (Å²) in [5, 5.41) is 0. The Morgan fingerprint density at radius 2 is 2.14 bits per heavy atom. The van der Waals surface area contributed by atoms with Gasteiger partial charge in [0, 0.05) is 18.9 Å². The van der Waals surface area contributed by atoms with Gasteiger partial charge in [0.15, 0.2) is 0 Å². The molecular weight excluding hydrogens is 176 g/mol. The normalized spacial score (nSPS) is 26.7. The van der Waals surface area contributed by atoms with E-state index >= 15 is 0 Å². The Kier molecular flexibility index (Phi) is 5.16. The Morgan fingerprint density at radius 3 is 2.71 bits per heavy atom. The number of hydrogen-bond acceptors (Lipinski definition) is 2. The molecule has 1 rings (SSSR count). The van der Waals surface area contributed by atoms with Crippen molar-refractivity contribution in [3.63, 3.8) is 0 Å². The van der Waals surface area contributed by atoms with Crippen LogP contribution < -0.4 is 0 Å². The summed E-state index contributed by atoms with van der Waals surface area (Å²) < 4.78 is 5.39. The SMILES string of the molecule is CCCCCCC(=O)C1CCOC1C. The predicted molar refractivity (Wildman–Crippen MR) is 57.3 cm³/mol. The van der Waals surface area contributed by atoms with Crippen LogP contribution in [0.1, 0.15) is 52.4 Å². The molecule has 2 heteroatoms. The lowest BCUT2D eigenvalue weighted by Crippen LogP contribution is -2.21. The lowest BCUT2D eigenvalue weighted by molar-refractivity contribution is -0.124. The Labute approximate surface area is 87.0 Å². The van der Waals surface area contributed by atoms with Crippen LogP contribution in [0.4, 0.5) is 0 Å². The predicted octanol–water partition coefficient (Wildman–Crippen LogP) is 2.95. The van der Waals surface area contributed by atoms with E-state index < -0.39 is 0 Å². The summed E-state index contributed by atoms with van der Waals surface area (Å²) in [6.07, 6.45) is 6.61. The van der Waals surface area contributed by atoms with Crippen LogP contribution in [0.25, 0.3) is 0 Å². The first-order chi connectivity index (χ1) is 6.75. The Balaban J connectivity index is 2.14. The molecule has 1 saturated heterocycles. The number of carbonyl (C=O) groups is 1. The van der Waals surface area contributed by atoms with Crippen molar-refractivity contribution in [3.8, 4) is 0 Å². The molecule has 0 aromatic rings. The second-order valence-corrected chi connectivity index (χ2v) is 4.25. The third-order valence-corrected chi connectivity index (χ3v) is 3.07. The summed E-state index contributed by atoms with van der Waals surface area (Å²) in [5.41, 5.74) is 0. The molecule has 0 saturated carbocycles. The van der Waals surface area contributed by atoms with Crippen LogP contribution in [0.3, 0.4) is 0 Å². The molecule has 82 valence electrons. The molecule has 1 heterocycles. The molecule has 1 aliphatic rings. The summed E-state index contributed by atoms with van der Waals surface area (Å²) in [5.74, 6) is 0.614. The van der Waals surface area contributed by atoms with Crippen molar-refractivity contribution in [2.45, 2.75) is 58.5 Å². The first-order valence-corrected chi connectivity index (χ1v) is 5.90. The zero-order valence-electron chi connectivity index (χ0n) is 9.42. The number of ether oxygens (including phenoxy) is 1. The monoisotopic (exact) mass is 198 g/mol. The smallest absolute Gasteiger partial charge is 0.138 e. The molecule has 2 unspecified atom stereocenters. The maximum atomic E-state index is 11.7. The topological polar surface area (TPSA) is 26.3 Å². The van der Waals surface area contributed by atoms with E-state index in [4.69, 9.17) is 4.74 Å². The van der Waals surface area contributed by atoms with Crippen LogP contribution in [-0.2, 0) is 9.53 Å². The van der Waals surface area contributed by atoms with Gasteiger partial charge in [-0.05, 0) is 19.8 Å². The van der Waals surface area contributed by atoms with Crippen LogP contribution in [-0.4, -0.2) is 18.5 Å². The third-order valence-electron chi connectivity index (χ3n) is 3.07. The van der Waals surface area contributed by atoms with Crippen LogP contribution in [0.2, 0.25) is 0 Å². The first kappa shape index (κ1) is 11.7. The number of carbonyl (C=O) groups excluding carboxylic acids is 1. The van der Waals surface area contributed by atoms with Gasteiger partial charge in [-0.25, -0.2) is 0 Å². The summed E-state index contributed by atoms with van der Waals surface area (Å²) in [6, 6.07) is 0. The molecule has 0 amide bonds. The maximum absolute atomic E-state index is 11.7. The summed E-state index contributed by atoms with van der Waals surface area (Å²) in [6.45, 7) is 4.98. The van der Waals surface area contributed by atoms with Crippen molar-refractivity contribution >= 4 is 5.78 Å². The van der Waals surface area contributed by atoms with Gasteiger partial charge in [-0.2, -0.15) is 0 Å². The molecule has 1 aliphatic heterocycles. The van der Waals surface area contributed by atoms with Gasteiger partial charge in [0.2, 0.25) is 0 Å². The van der Waals surface area contributed by atoms with Gasteiger partial charge in [-0.3, -0.25) is 4.79 Å². The Bertz CT molecular complexity index is 177. The van der Waals surface area contributed by atoms with Crippen molar-refractivity contribution in [1.29, 1.82) is 0 Å². The van der Waals surface area contributed by atoms with Gasteiger partial charge in [0.05, 0.1) is 6.10 Å². The van der Waals surface area contributed by atoms with Crippen LogP contribution >= 0.6 is 0 Å². The summed E-state index contributed by atoms with van der Waals surface area (Å²) in [7, 11) is 0. The molecule has 0 aliphatic carbocycles. The largest absolute Gasteiger partial charge is 0.378 e. The molecule has 0 aromatic carbocycles. The second-order valence-electron chi connectivity index (χ2n) is 4.25. The number of hydrogen-bond donors (Lipinski definition) is 0. The lowest BCUT2D eigenvalue weighted by atomic mass is 9.94. The highest BCUT2D eigenvalue weighted by Gasteiger charge is 2.29. The van der Waals surface area contributed by atoms with Crippen molar-refractivity contribution in [2.75, 3.05) is 6.61 Å². The Morgan fingerprint density at radius 1 is 1.36 bits per heavy atom. The van der Waals surface area contributed by atoms with Crippen LogP contribution in [0, 0.1) is 5.92 Å². The van der Waals surface area contributed by atoms with E-state index in [0.717, 1.165) is 25.9 Å². The number of Topliss-reactive ketones (excluding diaryl/α,β-unsaturated/α-hetero) is 1. The zero-order chi connectivity index (χ0) is 10.4. The standard InChI is InChI=1S/C12H22O2/c1-3-4-5-6-7-12(13)11-8-9-14-10(11)2/h10-11H,3-9H2,1-2H3. The highest BCUT2D eigenvalue weighted by atomic mass is 16.5. The van der Waals surface area contributed by atoms with Crippen molar-refractivity contribution in [3.05, 3.63) is 0 Å². The molecule has 0 spiro atoms. The minimum absolute atomic E-state index is 0.161. The molecule has 0 bridgehead atoms. The molecule has 2 nitrogen and oxygen atoms in total. The van der Waals surface area contributed by atoms with Gasteiger partial charge in [-0.1, -0.05) is 26.2 Å². The summed E-state index contributed by atoms with van der Waals surface area (Å²) in [4.78, 5) is 11.7. The van der Waals surface area contributed by atoms with E-state index in [-0.39, 0.29) is 12.0 Å². The van der Waals surface area contributed by atoms with Crippen molar-refractivity contribution in [1.82, 2.24) is 0 Å². The average Bonchev–Trinajstić information content (AvgIpc) is 2.59. The van der Waals surface area contributed by atoms with Gasteiger partial charge in [-0.15, -0.1) is 0 Å². The molecular formula is C12H22O2. The lowest BCUT2D eigenvalue weighted by Gasteiger charge is -2.12. The quantitative estimate of drug-likeness (QED) is 0.613. The average molecular weight is 198 g/mol. The number of rotatable bonds is 6. The molecule has 0 radical (unpaired) electrons. The van der Waals surface area contributed by atoms with E-state index in [1.54, 1.807) is 0 Å². The van der Waals surface area contributed by atoms with E-state index in [0.29, 0.717) is 5.78 Å². The molecule has 0 aromatic heterocycles. The molecule has 2 atom stereocenters. The van der Waals surface area contributed by atoms with Gasteiger partial charge in [0.1, 0.15) is 5.78 Å². The molecule has 14 heavy (non-hydrogen) atoms. The third kappa shape index (κ3) is 3.41. The highest BCUT2D eigenvalue weighted by molar-refractivity contribution is 5.81. The fraction of sp³-hybridized carbons (Fsp3) is 0.917. The first-order valence-electron chi connectivity index (χ1n) is 5.90. The van der Waals surface area contributed by atoms with Crippen molar-refractivity contribution < 1.29 is 9.53 Å². The molecule has 1 fully saturated rings. The van der Waals surface area contributed by atoms with E-state index in [9.17, 15) is 4.79 Å². The summed E-state index contributed by atoms with van der Waals surface area (Å²) >= 11 is 0. The van der Waals surface area contributed by atoms with Gasteiger partial charge >= 0.3 is 0 Å². The fourth-order valence-electron chi connectivity index (χ4n) is 2.07. The van der Waals surface area contributed by atoms with E-state index in [1.165, 1.54) is 19.3 Å².